The maximum absolute atomic E-state index is 12.2. The molecule has 0 radical (unpaired) electrons. The summed E-state index contributed by atoms with van der Waals surface area (Å²) in [6, 6.07) is 8.46. The van der Waals surface area contributed by atoms with Crippen molar-refractivity contribution in [2.75, 3.05) is 17.6 Å². The van der Waals surface area contributed by atoms with Gasteiger partial charge in [-0.2, -0.15) is 11.8 Å². The molecular weight excluding hydrogens is 348 g/mol. The third kappa shape index (κ3) is 5.14. The van der Waals surface area contributed by atoms with E-state index in [1.807, 2.05) is 30.0 Å². The maximum atomic E-state index is 12.2. The number of benzene rings is 1. The standard InChI is InChI=1S/C19H28N4O2S/c1-2-20-11-13-6-5-7-14(10-13)21-17(24)9-4-3-8-16-18-15(12-26-16)22-19(25)23-18/h5-7,10,15-16,18,20H,2-4,8-9,11-12H2,1H3,(H,21,24)(H2,22,23,25)/t15-,16-,18-/m0/s1. The van der Waals surface area contributed by atoms with Crippen molar-refractivity contribution < 1.29 is 9.59 Å². The molecule has 2 aliphatic rings. The van der Waals surface area contributed by atoms with E-state index in [-0.39, 0.29) is 24.0 Å². The first-order valence-electron chi connectivity index (χ1n) is 9.44. The lowest BCUT2D eigenvalue weighted by Crippen LogP contribution is -2.36. The van der Waals surface area contributed by atoms with Crippen molar-refractivity contribution in [3.05, 3.63) is 29.8 Å². The molecule has 0 aliphatic carbocycles. The van der Waals surface area contributed by atoms with Gasteiger partial charge in [-0.05, 0) is 37.1 Å². The van der Waals surface area contributed by atoms with E-state index < -0.39 is 0 Å². The van der Waals surface area contributed by atoms with Gasteiger partial charge in [-0.1, -0.05) is 25.5 Å². The molecule has 2 aliphatic heterocycles. The molecule has 0 bridgehead atoms. The summed E-state index contributed by atoms with van der Waals surface area (Å²) in [5, 5.41) is 12.7. The Bertz CT molecular complexity index is 640. The first-order chi connectivity index (χ1) is 12.7. The molecule has 142 valence electrons. The highest BCUT2D eigenvalue weighted by Gasteiger charge is 2.42. The first-order valence-corrected chi connectivity index (χ1v) is 10.5. The number of unbranched alkanes of at least 4 members (excludes halogenated alkanes) is 1. The zero-order chi connectivity index (χ0) is 18.4. The van der Waals surface area contributed by atoms with Crippen LogP contribution in [-0.4, -0.2) is 41.6 Å². The van der Waals surface area contributed by atoms with Crippen molar-refractivity contribution in [3.8, 4) is 0 Å². The second-order valence-corrected chi connectivity index (χ2v) is 8.17. The third-order valence-electron chi connectivity index (χ3n) is 4.87. The highest BCUT2D eigenvalue weighted by Crippen LogP contribution is 2.33. The Morgan fingerprint density at radius 2 is 2.19 bits per heavy atom. The smallest absolute Gasteiger partial charge is 0.315 e. The number of carbonyl (C=O) groups excluding carboxylic acids is 2. The van der Waals surface area contributed by atoms with E-state index in [0.717, 1.165) is 43.8 Å². The summed E-state index contributed by atoms with van der Waals surface area (Å²) in [7, 11) is 0. The largest absolute Gasteiger partial charge is 0.332 e. The number of carbonyl (C=O) groups is 2. The van der Waals surface area contributed by atoms with Crippen LogP contribution in [0, 0.1) is 0 Å². The molecule has 2 fully saturated rings. The lowest BCUT2D eigenvalue weighted by atomic mass is 10.0. The Kier molecular flexibility index (Phi) is 6.80. The summed E-state index contributed by atoms with van der Waals surface area (Å²) in [6.07, 6.45) is 3.45. The van der Waals surface area contributed by atoms with Crippen molar-refractivity contribution in [1.29, 1.82) is 0 Å². The predicted molar refractivity (Wildman–Crippen MR) is 106 cm³/mol. The molecule has 3 rings (SSSR count). The number of rotatable bonds is 9. The molecule has 3 atom stereocenters. The summed E-state index contributed by atoms with van der Waals surface area (Å²) in [4.78, 5) is 23.5. The summed E-state index contributed by atoms with van der Waals surface area (Å²) < 4.78 is 0. The molecule has 0 saturated carbocycles. The Hall–Kier alpha value is -1.73. The van der Waals surface area contributed by atoms with Gasteiger partial charge in [-0.15, -0.1) is 0 Å². The average Bonchev–Trinajstić information content (AvgIpc) is 3.16. The number of thioether (sulfide) groups is 1. The number of hydrogen-bond acceptors (Lipinski definition) is 4. The van der Waals surface area contributed by atoms with Gasteiger partial charge in [0.25, 0.3) is 0 Å². The van der Waals surface area contributed by atoms with Crippen LogP contribution in [0.5, 0.6) is 0 Å². The highest BCUT2D eigenvalue weighted by molar-refractivity contribution is 8.00. The van der Waals surface area contributed by atoms with Gasteiger partial charge in [-0.25, -0.2) is 4.79 Å². The van der Waals surface area contributed by atoms with Crippen molar-refractivity contribution in [3.63, 3.8) is 0 Å². The number of nitrogens with one attached hydrogen (secondary N) is 4. The molecule has 1 aromatic carbocycles. The first kappa shape index (κ1) is 19.0. The number of urea groups is 1. The molecule has 7 heteroatoms. The van der Waals surface area contributed by atoms with Gasteiger partial charge in [0, 0.05) is 29.7 Å². The summed E-state index contributed by atoms with van der Waals surface area (Å²) in [6.45, 7) is 3.82. The molecule has 4 N–H and O–H groups in total. The molecule has 6 nitrogen and oxygen atoms in total. The van der Waals surface area contributed by atoms with Crippen LogP contribution in [0.4, 0.5) is 10.5 Å². The minimum atomic E-state index is -0.0407. The fraction of sp³-hybridized carbons (Fsp3) is 0.579. The van der Waals surface area contributed by atoms with Gasteiger partial charge < -0.3 is 21.3 Å². The highest BCUT2D eigenvalue weighted by atomic mass is 32.2. The molecule has 26 heavy (non-hydrogen) atoms. The Morgan fingerprint density at radius 1 is 1.31 bits per heavy atom. The lowest BCUT2D eigenvalue weighted by molar-refractivity contribution is -0.116. The van der Waals surface area contributed by atoms with Gasteiger partial charge in [0.05, 0.1) is 12.1 Å². The van der Waals surface area contributed by atoms with E-state index in [9.17, 15) is 9.59 Å². The zero-order valence-corrected chi connectivity index (χ0v) is 16.0. The van der Waals surface area contributed by atoms with Gasteiger partial charge in [-0.3, -0.25) is 4.79 Å². The van der Waals surface area contributed by atoms with Crippen LogP contribution in [0.15, 0.2) is 24.3 Å². The van der Waals surface area contributed by atoms with Gasteiger partial charge in [0.1, 0.15) is 0 Å². The van der Waals surface area contributed by atoms with Crippen LogP contribution in [0.1, 0.15) is 38.2 Å². The van der Waals surface area contributed by atoms with Gasteiger partial charge in [0.15, 0.2) is 0 Å². The van der Waals surface area contributed by atoms with E-state index >= 15 is 0 Å². The number of fused-ring (bicyclic) bond motifs is 1. The van der Waals surface area contributed by atoms with Crippen molar-refractivity contribution in [1.82, 2.24) is 16.0 Å². The third-order valence-corrected chi connectivity index (χ3v) is 6.38. The topological polar surface area (TPSA) is 82.3 Å². The van der Waals surface area contributed by atoms with E-state index in [0.29, 0.717) is 11.7 Å². The summed E-state index contributed by atoms with van der Waals surface area (Å²) >= 11 is 1.92. The van der Waals surface area contributed by atoms with Gasteiger partial charge in [0.2, 0.25) is 5.91 Å². The maximum Gasteiger partial charge on any atom is 0.315 e. The molecule has 1 aromatic rings. The van der Waals surface area contributed by atoms with E-state index in [1.165, 1.54) is 5.56 Å². The molecule has 0 aromatic heterocycles. The van der Waals surface area contributed by atoms with Crippen LogP contribution in [-0.2, 0) is 11.3 Å². The second-order valence-electron chi connectivity index (χ2n) is 6.90. The van der Waals surface area contributed by atoms with Crippen LogP contribution >= 0.6 is 11.8 Å². The van der Waals surface area contributed by atoms with Crippen molar-refractivity contribution >= 4 is 29.4 Å². The van der Waals surface area contributed by atoms with E-state index in [4.69, 9.17) is 0 Å². The minimum Gasteiger partial charge on any atom is -0.332 e. The summed E-state index contributed by atoms with van der Waals surface area (Å²) in [5.74, 6) is 1.05. The second kappa shape index (κ2) is 9.28. The van der Waals surface area contributed by atoms with Crippen LogP contribution in [0.3, 0.4) is 0 Å². The zero-order valence-electron chi connectivity index (χ0n) is 15.2. The minimum absolute atomic E-state index is 0.0407. The number of anilines is 1. The summed E-state index contributed by atoms with van der Waals surface area (Å²) in [5.41, 5.74) is 2.03. The average molecular weight is 377 g/mol. The van der Waals surface area contributed by atoms with Crippen LogP contribution in [0.25, 0.3) is 0 Å². The number of hydrogen-bond donors (Lipinski definition) is 4. The Labute approximate surface area is 159 Å². The molecule has 3 amide bonds. The predicted octanol–water partition coefficient (Wildman–Crippen LogP) is 2.46. The quantitative estimate of drug-likeness (QED) is 0.394. The van der Waals surface area contributed by atoms with Gasteiger partial charge >= 0.3 is 6.03 Å². The van der Waals surface area contributed by atoms with Crippen LogP contribution < -0.4 is 21.3 Å². The van der Waals surface area contributed by atoms with Crippen molar-refractivity contribution in [2.45, 2.75) is 56.5 Å². The van der Waals surface area contributed by atoms with E-state index in [2.05, 4.69) is 34.3 Å². The Balaban J connectivity index is 1.35. The molecule has 2 heterocycles. The SMILES string of the molecule is CCNCc1cccc(NC(=O)CCCC[C@@H]2SC[C@@H]3NC(=O)N[C@@H]32)c1. The Morgan fingerprint density at radius 3 is 3.04 bits per heavy atom. The molecule has 0 unspecified atom stereocenters. The van der Waals surface area contributed by atoms with Crippen LogP contribution in [0.2, 0.25) is 0 Å². The van der Waals surface area contributed by atoms with E-state index in [1.54, 1.807) is 0 Å². The number of amides is 3. The van der Waals surface area contributed by atoms with Crippen molar-refractivity contribution in [2.24, 2.45) is 0 Å². The monoisotopic (exact) mass is 376 g/mol. The molecule has 2 saturated heterocycles. The fourth-order valence-corrected chi connectivity index (χ4v) is 5.07. The fourth-order valence-electron chi connectivity index (χ4n) is 3.53. The molecule has 0 spiro atoms. The molecular formula is C19H28N4O2S. The lowest BCUT2D eigenvalue weighted by Gasteiger charge is -2.16. The normalized spacial score (nSPS) is 24.0.